The molecule has 142 valence electrons. The highest BCUT2D eigenvalue weighted by Crippen LogP contribution is 2.38. The van der Waals surface area contributed by atoms with E-state index in [2.05, 4.69) is 0 Å². The number of hydrogen-bond acceptors (Lipinski definition) is 2. The van der Waals surface area contributed by atoms with Crippen molar-refractivity contribution in [3.63, 3.8) is 0 Å². The lowest BCUT2D eigenvalue weighted by Crippen LogP contribution is -2.16. The topological polar surface area (TPSA) is 115 Å². The maximum absolute atomic E-state index is 11.9. The van der Waals surface area contributed by atoms with Crippen LogP contribution in [-0.2, 0) is 22.0 Å². The lowest BCUT2D eigenvalue weighted by molar-refractivity contribution is 0.385. The molecule has 2 rings (SSSR count). The van der Waals surface area contributed by atoms with Crippen molar-refractivity contribution in [2.24, 2.45) is 0 Å². The summed E-state index contributed by atoms with van der Waals surface area (Å²) in [6.07, 6.45) is 0.670. The van der Waals surface area contributed by atoms with Gasteiger partial charge < -0.3 is 19.6 Å². The van der Waals surface area contributed by atoms with E-state index < -0.39 is 15.2 Å². The van der Waals surface area contributed by atoms with Gasteiger partial charge in [-0.15, -0.1) is 0 Å². The first kappa shape index (κ1) is 21.0. The molecule has 2 aromatic rings. The smallest absolute Gasteiger partial charge is 0.321 e. The Balaban J connectivity index is 2.65. The van der Waals surface area contributed by atoms with Gasteiger partial charge in [0.05, 0.1) is 10.6 Å². The number of benzene rings is 2. The fourth-order valence-electron chi connectivity index (χ4n) is 3.02. The summed E-state index contributed by atoms with van der Waals surface area (Å²) < 4.78 is 23.7. The van der Waals surface area contributed by atoms with Gasteiger partial charge in [-0.05, 0) is 79.1 Å². The van der Waals surface area contributed by atoms with Crippen LogP contribution in [0, 0.1) is 20.8 Å². The van der Waals surface area contributed by atoms with Gasteiger partial charge in [0, 0.05) is 0 Å². The molecule has 26 heavy (non-hydrogen) atoms. The van der Waals surface area contributed by atoms with Crippen LogP contribution in [0.1, 0.15) is 40.3 Å². The summed E-state index contributed by atoms with van der Waals surface area (Å²) in [6.45, 7) is 7.29. The first-order valence-corrected chi connectivity index (χ1v) is 11.4. The average molecular weight is 398 g/mol. The van der Waals surface area contributed by atoms with Gasteiger partial charge in [-0.3, -0.25) is 9.13 Å². The molecule has 0 heterocycles. The number of rotatable bonds is 5. The Hall–Kier alpha value is -1.26. The molecule has 0 spiro atoms. The summed E-state index contributed by atoms with van der Waals surface area (Å²) in [5, 5.41) is -0.0699. The summed E-state index contributed by atoms with van der Waals surface area (Å²) in [4.78, 5) is 38.6. The molecule has 0 amide bonds. The molecule has 8 heteroatoms. The van der Waals surface area contributed by atoms with Gasteiger partial charge >= 0.3 is 15.2 Å². The van der Waals surface area contributed by atoms with E-state index in [1.807, 2.05) is 20.8 Å². The third kappa shape index (κ3) is 4.52. The van der Waals surface area contributed by atoms with Gasteiger partial charge in [0.15, 0.2) is 0 Å². The molecule has 0 saturated heterocycles. The minimum absolute atomic E-state index is 0.0258. The molecule has 0 saturated carbocycles. The maximum Gasteiger partial charge on any atom is 0.356 e. The molecule has 4 N–H and O–H groups in total. The molecule has 0 aromatic heterocycles. The average Bonchev–Trinajstić information content (AvgIpc) is 2.49. The Morgan fingerprint density at radius 1 is 0.692 bits per heavy atom. The summed E-state index contributed by atoms with van der Waals surface area (Å²) in [5.41, 5.74) is 4.18. The third-order valence-electron chi connectivity index (χ3n) is 4.62. The van der Waals surface area contributed by atoms with Crippen LogP contribution in [0.15, 0.2) is 24.3 Å². The van der Waals surface area contributed by atoms with E-state index in [9.17, 15) is 28.7 Å². The molecular weight excluding hydrogens is 374 g/mol. The van der Waals surface area contributed by atoms with Crippen LogP contribution in [0.5, 0.6) is 0 Å². The van der Waals surface area contributed by atoms with E-state index in [0.29, 0.717) is 23.1 Å². The van der Waals surface area contributed by atoms with Crippen molar-refractivity contribution in [1.82, 2.24) is 0 Å². The van der Waals surface area contributed by atoms with Gasteiger partial charge in [-0.2, -0.15) is 0 Å². The van der Waals surface area contributed by atoms with Crippen molar-refractivity contribution < 1.29 is 28.7 Å². The molecule has 0 radical (unpaired) electrons. The molecule has 0 fully saturated rings. The predicted octanol–water partition coefficient (Wildman–Crippen LogP) is 2.37. The third-order valence-corrected chi connectivity index (χ3v) is 6.71. The largest absolute Gasteiger partial charge is 0.356 e. The normalized spacial score (nSPS) is 12.5. The fraction of sp³-hybridized carbons (Fsp3) is 0.333. The van der Waals surface area contributed by atoms with Crippen molar-refractivity contribution in [2.75, 3.05) is 0 Å². The van der Waals surface area contributed by atoms with Crippen LogP contribution in [-0.4, -0.2) is 19.6 Å². The van der Waals surface area contributed by atoms with Crippen LogP contribution in [0.4, 0.5) is 0 Å². The van der Waals surface area contributed by atoms with E-state index >= 15 is 0 Å². The van der Waals surface area contributed by atoms with Crippen molar-refractivity contribution in [3.05, 3.63) is 57.6 Å². The molecule has 0 aliphatic rings. The Kier molecular flexibility index (Phi) is 5.99. The molecular formula is C18H24O6P2. The van der Waals surface area contributed by atoms with Crippen LogP contribution in [0.3, 0.4) is 0 Å². The van der Waals surface area contributed by atoms with Crippen LogP contribution < -0.4 is 10.6 Å². The van der Waals surface area contributed by atoms with Crippen LogP contribution in [0.25, 0.3) is 0 Å². The lowest BCUT2D eigenvalue weighted by Gasteiger charge is -2.18. The Bertz CT molecular complexity index is 939. The fourth-order valence-corrected chi connectivity index (χ4v) is 4.82. The quantitative estimate of drug-likeness (QED) is 0.575. The van der Waals surface area contributed by atoms with Crippen LogP contribution >= 0.6 is 15.2 Å². The zero-order chi connectivity index (χ0) is 19.9. The second-order valence-electron chi connectivity index (χ2n) is 6.59. The predicted molar refractivity (Wildman–Crippen MR) is 103 cm³/mol. The second kappa shape index (κ2) is 7.40. The molecule has 0 aliphatic heterocycles. The first-order chi connectivity index (χ1) is 11.8. The second-order valence-corrected chi connectivity index (χ2v) is 9.73. The van der Waals surface area contributed by atoms with Crippen molar-refractivity contribution in [3.8, 4) is 0 Å². The maximum atomic E-state index is 11.9. The van der Waals surface area contributed by atoms with Gasteiger partial charge in [-0.25, -0.2) is 0 Å². The van der Waals surface area contributed by atoms with Crippen molar-refractivity contribution in [1.29, 1.82) is 0 Å². The monoisotopic (exact) mass is 398 g/mol. The Labute approximate surface area is 153 Å². The highest BCUT2D eigenvalue weighted by molar-refractivity contribution is 7.60. The number of aryl methyl sites for hydroxylation is 4. The molecule has 0 unspecified atom stereocenters. The first-order valence-electron chi connectivity index (χ1n) is 8.19. The van der Waals surface area contributed by atoms with E-state index in [1.54, 1.807) is 19.1 Å². The SMILES string of the molecule is CCc1cc(C)c(Cc2cc(C)c(C)cc2P(=O)(O)O)cc1P(=O)(O)O. The summed E-state index contributed by atoms with van der Waals surface area (Å²) in [6, 6.07) is 6.43. The van der Waals surface area contributed by atoms with Crippen molar-refractivity contribution >= 4 is 25.8 Å². The molecule has 0 aliphatic carbocycles. The van der Waals surface area contributed by atoms with Gasteiger partial charge in [0.1, 0.15) is 0 Å². The van der Waals surface area contributed by atoms with E-state index in [1.165, 1.54) is 12.1 Å². The standard InChI is InChI=1S/C18H24O6P2/c1-5-14-7-13(4)15(10-18(14)26(22,23)24)9-16-6-11(2)12(3)8-17(16)25(19,20)21/h6-8,10H,5,9H2,1-4H3,(H2,19,20,21)(H2,22,23,24). The van der Waals surface area contributed by atoms with E-state index in [0.717, 1.165) is 16.7 Å². The summed E-state index contributed by atoms with van der Waals surface area (Å²) in [5.74, 6) is 0. The summed E-state index contributed by atoms with van der Waals surface area (Å²) in [7, 11) is -8.91. The molecule has 0 atom stereocenters. The zero-order valence-corrected chi connectivity index (χ0v) is 17.0. The highest BCUT2D eigenvalue weighted by Gasteiger charge is 2.25. The van der Waals surface area contributed by atoms with E-state index in [-0.39, 0.29) is 17.0 Å². The van der Waals surface area contributed by atoms with Gasteiger partial charge in [0.25, 0.3) is 0 Å². The van der Waals surface area contributed by atoms with Crippen LogP contribution in [0.2, 0.25) is 0 Å². The van der Waals surface area contributed by atoms with Gasteiger partial charge in [-0.1, -0.05) is 19.1 Å². The molecule has 0 bridgehead atoms. The zero-order valence-electron chi connectivity index (χ0n) is 15.2. The minimum Gasteiger partial charge on any atom is -0.321 e. The minimum atomic E-state index is -4.47. The van der Waals surface area contributed by atoms with Crippen molar-refractivity contribution in [2.45, 2.75) is 40.5 Å². The Morgan fingerprint density at radius 2 is 1.15 bits per heavy atom. The Morgan fingerprint density at radius 3 is 1.65 bits per heavy atom. The highest BCUT2D eigenvalue weighted by atomic mass is 31.2. The lowest BCUT2D eigenvalue weighted by atomic mass is 9.96. The summed E-state index contributed by atoms with van der Waals surface area (Å²) >= 11 is 0. The molecule has 2 aromatic carbocycles. The molecule has 6 nitrogen and oxygen atoms in total. The number of hydrogen-bond donors (Lipinski definition) is 4. The van der Waals surface area contributed by atoms with Gasteiger partial charge in [0.2, 0.25) is 0 Å². The van der Waals surface area contributed by atoms with E-state index in [4.69, 9.17) is 0 Å².